The number of Topliss-reactive ketones (excluding diaryl/α,β-unsaturated/α-hetero) is 1. The molecule has 1 aromatic heterocycles. The van der Waals surface area contributed by atoms with Crippen molar-refractivity contribution in [1.82, 2.24) is 14.8 Å². The van der Waals surface area contributed by atoms with E-state index in [1.54, 1.807) is 47.4 Å². The molecule has 0 atom stereocenters. The van der Waals surface area contributed by atoms with Gasteiger partial charge in [-0.1, -0.05) is 38.1 Å². The van der Waals surface area contributed by atoms with Gasteiger partial charge in [0.25, 0.3) is 0 Å². The van der Waals surface area contributed by atoms with E-state index in [-0.39, 0.29) is 12.4 Å². The Morgan fingerprint density at radius 3 is 2.23 bits per heavy atom. The molecule has 0 fully saturated rings. The van der Waals surface area contributed by atoms with E-state index in [4.69, 9.17) is 4.74 Å². The Kier molecular flexibility index (Phi) is 5.22. The number of hydrogen-bond donors (Lipinski definition) is 0. The Bertz CT molecular complexity index is 883. The smallest absolute Gasteiger partial charge is 0.338 e. The van der Waals surface area contributed by atoms with Crippen LogP contribution >= 0.6 is 0 Å². The van der Waals surface area contributed by atoms with Crippen LogP contribution in [0.25, 0.3) is 5.69 Å². The third-order valence-electron chi connectivity index (χ3n) is 4.02. The Morgan fingerprint density at radius 2 is 1.65 bits per heavy atom. The van der Waals surface area contributed by atoms with Crippen molar-refractivity contribution in [2.75, 3.05) is 6.61 Å². The first-order valence-corrected chi connectivity index (χ1v) is 8.30. The molecule has 0 bridgehead atoms. The predicted molar refractivity (Wildman–Crippen MR) is 96.5 cm³/mol. The summed E-state index contributed by atoms with van der Waals surface area (Å²) in [6.07, 6.45) is 3.00. The number of rotatable bonds is 6. The van der Waals surface area contributed by atoms with Gasteiger partial charge in [0.15, 0.2) is 12.4 Å². The lowest BCUT2D eigenvalue weighted by atomic mass is 10.0. The van der Waals surface area contributed by atoms with Gasteiger partial charge in [-0.25, -0.2) is 14.5 Å². The van der Waals surface area contributed by atoms with Crippen LogP contribution in [0.1, 0.15) is 46.0 Å². The quantitative estimate of drug-likeness (QED) is 0.503. The number of ketones is 1. The number of carbonyl (C=O) groups is 2. The molecule has 0 amide bonds. The molecule has 132 valence electrons. The lowest BCUT2D eigenvalue weighted by Crippen LogP contribution is -2.14. The van der Waals surface area contributed by atoms with Gasteiger partial charge in [0, 0.05) is 5.56 Å². The molecule has 3 aromatic rings. The van der Waals surface area contributed by atoms with Gasteiger partial charge in [0.1, 0.15) is 12.7 Å². The van der Waals surface area contributed by atoms with E-state index in [1.807, 2.05) is 12.1 Å². The fraction of sp³-hybridized carbons (Fsp3) is 0.200. The molecule has 2 aromatic carbocycles. The normalized spacial score (nSPS) is 10.7. The lowest BCUT2D eigenvalue weighted by Gasteiger charge is -2.07. The minimum Gasteiger partial charge on any atom is -0.454 e. The van der Waals surface area contributed by atoms with Gasteiger partial charge in [0.2, 0.25) is 0 Å². The highest BCUT2D eigenvalue weighted by molar-refractivity contribution is 5.99. The van der Waals surface area contributed by atoms with E-state index in [1.165, 1.54) is 6.33 Å². The summed E-state index contributed by atoms with van der Waals surface area (Å²) in [7, 11) is 0. The van der Waals surface area contributed by atoms with E-state index >= 15 is 0 Å². The minimum atomic E-state index is -0.540. The first-order valence-electron chi connectivity index (χ1n) is 8.30. The number of ether oxygens (including phenoxy) is 1. The topological polar surface area (TPSA) is 74.1 Å². The Balaban J connectivity index is 1.58. The molecule has 0 N–H and O–H groups in total. The van der Waals surface area contributed by atoms with Crippen molar-refractivity contribution in [2.45, 2.75) is 19.8 Å². The molecule has 6 heteroatoms. The van der Waals surface area contributed by atoms with Crippen LogP contribution < -0.4 is 0 Å². The van der Waals surface area contributed by atoms with Gasteiger partial charge in [-0.2, -0.15) is 5.10 Å². The van der Waals surface area contributed by atoms with E-state index < -0.39 is 5.97 Å². The first-order chi connectivity index (χ1) is 12.5. The average Bonchev–Trinajstić information content (AvgIpc) is 3.21. The molecule has 0 aliphatic rings. The molecule has 0 radical (unpaired) electrons. The third kappa shape index (κ3) is 4.03. The van der Waals surface area contributed by atoms with Gasteiger partial charge < -0.3 is 4.74 Å². The Morgan fingerprint density at radius 1 is 1.00 bits per heavy atom. The van der Waals surface area contributed by atoms with Gasteiger partial charge in [-0.3, -0.25) is 4.79 Å². The summed E-state index contributed by atoms with van der Waals surface area (Å²) in [6.45, 7) is 3.89. The molecular formula is C20H19N3O3. The zero-order valence-corrected chi connectivity index (χ0v) is 14.6. The SMILES string of the molecule is CC(C)c1ccc(C(=O)COC(=O)c2ccc(-n3cncn3)cc2)cc1. The number of nitrogens with zero attached hydrogens (tertiary/aromatic N) is 3. The summed E-state index contributed by atoms with van der Waals surface area (Å²) in [5.74, 6) is -0.368. The van der Waals surface area contributed by atoms with Crippen molar-refractivity contribution in [1.29, 1.82) is 0 Å². The Hall–Kier alpha value is -3.28. The van der Waals surface area contributed by atoms with Crippen molar-refractivity contribution >= 4 is 11.8 Å². The molecule has 0 aliphatic carbocycles. The summed E-state index contributed by atoms with van der Waals surface area (Å²) < 4.78 is 6.71. The van der Waals surface area contributed by atoms with Crippen LogP contribution in [0.5, 0.6) is 0 Å². The molecule has 3 rings (SSSR count). The number of benzene rings is 2. The molecule has 0 spiro atoms. The van der Waals surface area contributed by atoms with Crippen LogP contribution in [-0.4, -0.2) is 33.1 Å². The van der Waals surface area contributed by atoms with Gasteiger partial charge in [-0.15, -0.1) is 0 Å². The molecule has 6 nitrogen and oxygen atoms in total. The highest BCUT2D eigenvalue weighted by atomic mass is 16.5. The molecule has 0 aliphatic heterocycles. The van der Waals surface area contributed by atoms with Crippen LogP contribution in [0.3, 0.4) is 0 Å². The second kappa shape index (κ2) is 7.74. The zero-order chi connectivity index (χ0) is 18.5. The maximum absolute atomic E-state index is 12.2. The zero-order valence-electron chi connectivity index (χ0n) is 14.6. The summed E-state index contributed by atoms with van der Waals surface area (Å²) >= 11 is 0. The summed E-state index contributed by atoms with van der Waals surface area (Å²) in [4.78, 5) is 28.2. The molecule has 0 unspecified atom stereocenters. The van der Waals surface area contributed by atoms with Crippen molar-refractivity contribution < 1.29 is 14.3 Å². The molecule has 26 heavy (non-hydrogen) atoms. The van der Waals surface area contributed by atoms with E-state index in [2.05, 4.69) is 23.9 Å². The van der Waals surface area contributed by atoms with E-state index in [0.717, 1.165) is 11.3 Å². The van der Waals surface area contributed by atoms with Crippen LogP contribution in [0, 0.1) is 0 Å². The summed E-state index contributed by atoms with van der Waals surface area (Å²) in [6, 6.07) is 14.1. The highest BCUT2D eigenvalue weighted by Crippen LogP contribution is 2.15. The first kappa shape index (κ1) is 17.5. The van der Waals surface area contributed by atoms with E-state index in [0.29, 0.717) is 17.0 Å². The molecular weight excluding hydrogens is 330 g/mol. The van der Waals surface area contributed by atoms with Crippen molar-refractivity contribution in [3.63, 3.8) is 0 Å². The summed E-state index contributed by atoms with van der Waals surface area (Å²) in [5, 5.41) is 4.02. The number of carbonyl (C=O) groups excluding carboxylic acids is 2. The van der Waals surface area contributed by atoms with Crippen molar-refractivity contribution in [2.24, 2.45) is 0 Å². The standard InChI is InChI=1S/C20H19N3O3/c1-14(2)15-3-5-16(6-4-15)19(24)11-26-20(25)17-7-9-18(10-8-17)23-13-21-12-22-23/h3-10,12-14H,11H2,1-2H3. The van der Waals surface area contributed by atoms with Gasteiger partial charge in [0.05, 0.1) is 11.3 Å². The van der Waals surface area contributed by atoms with Crippen molar-refractivity contribution in [3.8, 4) is 5.69 Å². The number of aromatic nitrogens is 3. The monoisotopic (exact) mass is 349 g/mol. The third-order valence-corrected chi connectivity index (χ3v) is 4.02. The fourth-order valence-electron chi connectivity index (χ4n) is 2.44. The predicted octanol–water partition coefficient (Wildman–Crippen LogP) is 3.43. The minimum absolute atomic E-state index is 0.229. The summed E-state index contributed by atoms with van der Waals surface area (Å²) in [5.41, 5.74) is 2.84. The van der Waals surface area contributed by atoms with Crippen LogP contribution in [0.4, 0.5) is 0 Å². The maximum atomic E-state index is 12.2. The van der Waals surface area contributed by atoms with E-state index in [9.17, 15) is 9.59 Å². The van der Waals surface area contributed by atoms with Gasteiger partial charge in [-0.05, 0) is 35.7 Å². The molecule has 0 saturated carbocycles. The second-order valence-corrected chi connectivity index (χ2v) is 6.16. The maximum Gasteiger partial charge on any atom is 0.338 e. The highest BCUT2D eigenvalue weighted by Gasteiger charge is 2.12. The second-order valence-electron chi connectivity index (χ2n) is 6.16. The van der Waals surface area contributed by atoms with Gasteiger partial charge >= 0.3 is 5.97 Å². The van der Waals surface area contributed by atoms with Crippen molar-refractivity contribution in [3.05, 3.63) is 77.9 Å². The number of esters is 1. The molecule has 0 saturated heterocycles. The van der Waals surface area contributed by atoms with Crippen LogP contribution in [0.2, 0.25) is 0 Å². The lowest BCUT2D eigenvalue weighted by molar-refractivity contribution is 0.0475. The Labute approximate surface area is 151 Å². The number of hydrogen-bond acceptors (Lipinski definition) is 5. The largest absolute Gasteiger partial charge is 0.454 e. The molecule has 1 heterocycles. The van der Waals surface area contributed by atoms with Crippen LogP contribution in [0.15, 0.2) is 61.2 Å². The fourth-order valence-corrected chi connectivity index (χ4v) is 2.44. The van der Waals surface area contributed by atoms with Crippen LogP contribution in [-0.2, 0) is 4.74 Å². The average molecular weight is 349 g/mol.